The molecule has 2 N–H and O–H groups in total. The van der Waals surface area contributed by atoms with Gasteiger partial charge in [0.1, 0.15) is 17.3 Å². The smallest absolute Gasteiger partial charge is 0.255 e. The highest BCUT2D eigenvalue weighted by molar-refractivity contribution is 9.10. The van der Waals surface area contributed by atoms with Crippen LogP contribution in [-0.4, -0.2) is 40.2 Å². The molecule has 2 aromatic carbocycles. The minimum Gasteiger partial charge on any atom is -0.497 e. The van der Waals surface area contributed by atoms with Gasteiger partial charge in [-0.25, -0.2) is 0 Å². The normalized spacial score (nSPS) is 11.4. The highest BCUT2D eigenvalue weighted by Gasteiger charge is 2.17. The van der Waals surface area contributed by atoms with Crippen LogP contribution < -0.4 is 10.1 Å². The number of tetrazole rings is 1. The number of furan rings is 1. The number of nitrogens with one attached hydrogen (secondary N) is 2. The quantitative estimate of drug-likeness (QED) is 0.357. The molecule has 9 heteroatoms. The molecule has 4 aromatic rings. The Bertz CT molecular complexity index is 1200. The number of hydrogen-bond donors (Lipinski definition) is 2. The van der Waals surface area contributed by atoms with Crippen molar-refractivity contribution in [3.8, 4) is 17.1 Å². The van der Waals surface area contributed by atoms with Crippen LogP contribution in [0.3, 0.4) is 0 Å². The van der Waals surface area contributed by atoms with E-state index in [4.69, 9.17) is 9.15 Å². The molecule has 162 valence electrons. The van der Waals surface area contributed by atoms with Gasteiger partial charge in [0.05, 0.1) is 12.7 Å². The largest absolute Gasteiger partial charge is 0.497 e. The summed E-state index contributed by atoms with van der Waals surface area (Å²) >= 11 is 3.42. The summed E-state index contributed by atoms with van der Waals surface area (Å²) in [7, 11) is 1.63. The Kier molecular flexibility index (Phi) is 6.76. The number of benzene rings is 2. The molecule has 0 saturated carbocycles. The van der Waals surface area contributed by atoms with Gasteiger partial charge in [0.15, 0.2) is 0 Å². The second kappa shape index (κ2) is 10.1. The first-order valence-corrected chi connectivity index (χ1v) is 10.6. The lowest BCUT2D eigenvalue weighted by atomic mass is 10.1. The molecule has 0 saturated heterocycles. The van der Waals surface area contributed by atoms with Gasteiger partial charge in [-0.2, -0.15) is 5.21 Å². The average molecular weight is 494 g/mol. The molecule has 0 aliphatic heterocycles. The first kappa shape index (κ1) is 21.5. The van der Waals surface area contributed by atoms with E-state index in [9.17, 15) is 4.79 Å². The molecule has 1 amide bonds. The average Bonchev–Trinajstić information content (AvgIpc) is 3.51. The molecule has 8 nitrogen and oxygen atoms in total. The summed E-state index contributed by atoms with van der Waals surface area (Å²) in [6.07, 6.45) is 2.28. The van der Waals surface area contributed by atoms with E-state index in [2.05, 4.69) is 41.9 Å². The Morgan fingerprint density at radius 2 is 1.91 bits per heavy atom. The third kappa shape index (κ3) is 5.30. The van der Waals surface area contributed by atoms with Crippen molar-refractivity contribution >= 4 is 33.5 Å². The summed E-state index contributed by atoms with van der Waals surface area (Å²) in [5, 5.41) is 16.8. The predicted molar refractivity (Wildman–Crippen MR) is 124 cm³/mol. The van der Waals surface area contributed by atoms with Crippen LogP contribution in [0.15, 0.2) is 69.6 Å². The van der Waals surface area contributed by atoms with E-state index in [0.717, 1.165) is 21.3 Å². The maximum absolute atomic E-state index is 12.9. The third-order valence-corrected chi connectivity index (χ3v) is 5.26. The zero-order valence-corrected chi connectivity index (χ0v) is 18.8. The van der Waals surface area contributed by atoms with E-state index in [1.54, 1.807) is 19.3 Å². The van der Waals surface area contributed by atoms with Crippen LogP contribution in [0.5, 0.6) is 5.75 Å². The third-order valence-electron chi connectivity index (χ3n) is 4.73. The number of amides is 1. The number of halogens is 1. The fourth-order valence-electron chi connectivity index (χ4n) is 3.06. The van der Waals surface area contributed by atoms with Gasteiger partial charge in [0.2, 0.25) is 5.82 Å². The number of H-pyrrole nitrogens is 1. The van der Waals surface area contributed by atoms with Crippen LogP contribution in [0.25, 0.3) is 23.0 Å². The number of nitrogens with zero attached hydrogens (tertiary/aromatic N) is 3. The maximum Gasteiger partial charge on any atom is 0.255 e. The molecule has 0 spiro atoms. The number of aromatic amines is 1. The summed E-state index contributed by atoms with van der Waals surface area (Å²) in [4.78, 5) is 12.9. The number of carbonyl (C=O) groups is 1. The van der Waals surface area contributed by atoms with E-state index < -0.39 is 0 Å². The minimum atomic E-state index is -0.318. The van der Waals surface area contributed by atoms with E-state index in [1.165, 1.54) is 0 Å². The number of carbonyl (C=O) groups excluding carboxylic acids is 1. The second-order valence-electron chi connectivity index (χ2n) is 6.86. The number of rotatable bonds is 8. The van der Waals surface area contributed by atoms with Crippen molar-refractivity contribution < 1.29 is 13.9 Å². The van der Waals surface area contributed by atoms with Gasteiger partial charge in [0, 0.05) is 16.6 Å². The Morgan fingerprint density at radius 3 is 2.59 bits per heavy atom. The van der Waals surface area contributed by atoms with Crippen LogP contribution in [0.4, 0.5) is 0 Å². The predicted octanol–water partition coefficient (Wildman–Crippen LogP) is 4.13. The Hall–Kier alpha value is -3.72. The maximum atomic E-state index is 12.9. The number of ether oxygens (including phenoxy) is 1. The molecule has 0 fully saturated rings. The lowest BCUT2D eigenvalue weighted by molar-refractivity contribution is -0.115. The summed E-state index contributed by atoms with van der Waals surface area (Å²) in [6, 6.07) is 19.1. The fraction of sp³-hybridized carbons (Fsp3) is 0.130. The highest BCUT2D eigenvalue weighted by atomic mass is 79.9. The minimum absolute atomic E-state index is 0.188. The zero-order chi connectivity index (χ0) is 22.3. The van der Waals surface area contributed by atoms with Crippen LogP contribution in [0.1, 0.15) is 17.1 Å². The van der Waals surface area contributed by atoms with Crippen molar-refractivity contribution in [3.63, 3.8) is 0 Å². The van der Waals surface area contributed by atoms with Crippen LogP contribution in [0, 0.1) is 0 Å². The SMILES string of the molecule is COc1ccc(CCNC(=O)/C(=C/c2ccc(-c3ccc(Br)cc3)o2)c2nn[nH]n2)cc1. The van der Waals surface area contributed by atoms with Gasteiger partial charge in [0.25, 0.3) is 5.91 Å². The summed E-state index contributed by atoms with van der Waals surface area (Å²) in [5.41, 5.74) is 2.27. The number of hydrogen-bond acceptors (Lipinski definition) is 6. The van der Waals surface area contributed by atoms with Crippen molar-refractivity contribution in [1.29, 1.82) is 0 Å². The summed E-state index contributed by atoms with van der Waals surface area (Å²) < 4.78 is 12.1. The lowest BCUT2D eigenvalue weighted by Gasteiger charge is -2.07. The van der Waals surface area contributed by atoms with Crippen molar-refractivity contribution in [2.45, 2.75) is 6.42 Å². The van der Waals surface area contributed by atoms with Crippen molar-refractivity contribution in [3.05, 3.63) is 82.3 Å². The molecule has 0 aliphatic carbocycles. The summed E-state index contributed by atoms with van der Waals surface area (Å²) in [5.74, 6) is 1.86. The van der Waals surface area contributed by atoms with Crippen LogP contribution >= 0.6 is 15.9 Å². The molecule has 2 heterocycles. The monoisotopic (exact) mass is 493 g/mol. The van der Waals surface area contributed by atoms with E-state index in [-0.39, 0.29) is 17.3 Å². The van der Waals surface area contributed by atoms with Gasteiger partial charge in [-0.1, -0.05) is 40.2 Å². The lowest BCUT2D eigenvalue weighted by Crippen LogP contribution is -2.27. The Morgan fingerprint density at radius 1 is 1.12 bits per heavy atom. The Balaban J connectivity index is 1.48. The van der Waals surface area contributed by atoms with Crippen LogP contribution in [-0.2, 0) is 11.2 Å². The Labute approximate surface area is 192 Å². The highest BCUT2D eigenvalue weighted by Crippen LogP contribution is 2.26. The van der Waals surface area contributed by atoms with Gasteiger partial charge in [-0.15, -0.1) is 10.2 Å². The molecule has 2 aromatic heterocycles. The van der Waals surface area contributed by atoms with Gasteiger partial charge >= 0.3 is 0 Å². The molecule has 32 heavy (non-hydrogen) atoms. The molecular weight excluding hydrogens is 474 g/mol. The molecule has 0 radical (unpaired) electrons. The van der Waals surface area contributed by atoms with Gasteiger partial charge in [-0.05, 0) is 59.7 Å². The number of methoxy groups -OCH3 is 1. The van der Waals surface area contributed by atoms with Crippen molar-refractivity contribution in [2.75, 3.05) is 13.7 Å². The van der Waals surface area contributed by atoms with Crippen molar-refractivity contribution in [1.82, 2.24) is 25.9 Å². The molecule has 0 atom stereocenters. The zero-order valence-electron chi connectivity index (χ0n) is 17.2. The summed E-state index contributed by atoms with van der Waals surface area (Å²) in [6.45, 7) is 0.447. The van der Waals surface area contributed by atoms with Gasteiger partial charge < -0.3 is 14.5 Å². The van der Waals surface area contributed by atoms with Crippen molar-refractivity contribution in [2.24, 2.45) is 0 Å². The standard InChI is InChI=1S/C23H20BrN5O3/c1-31-18-8-2-15(3-9-18)12-13-25-23(30)20(22-26-28-29-27-22)14-19-10-11-21(32-19)16-4-6-17(24)7-5-16/h2-11,14H,12-13H2,1H3,(H,25,30)(H,26,27,28,29)/b20-14+. The molecule has 4 rings (SSSR count). The van der Waals surface area contributed by atoms with E-state index in [1.807, 2.05) is 54.6 Å². The first-order valence-electron chi connectivity index (χ1n) is 9.85. The molecule has 0 unspecified atom stereocenters. The topological polar surface area (TPSA) is 106 Å². The molecule has 0 bridgehead atoms. The second-order valence-corrected chi connectivity index (χ2v) is 7.77. The van der Waals surface area contributed by atoms with E-state index >= 15 is 0 Å². The fourth-order valence-corrected chi connectivity index (χ4v) is 3.32. The van der Waals surface area contributed by atoms with Gasteiger partial charge in [-0.3, -0.25) is 4.79 Å². The van der Waals surface area contributed by atoms with E-state index in [0.29, 0.717) is 24.5 Å². The first-order chi connectivity index (χ1) is 15.6. The number of aromatic nitrogens is 4. The molecular formula is C23H20BrN5O3. The van der Waals surface area contributed by atoms with Crippen LogP contribution in [0.2, 0.25) is 0 Å². The molecule has 0 aliphatic rings.